The number of hydrogen-bond acceptors (Lipinski definition) is 1. The maximum Gasteiger partial charge on any atom is 0.143 e. The highest BCUT2D eigenvalue weighted by Crippen LogP contribution is 2.47. The highest BCUT2D eigenvalue weighted by atomic mass is 16.3. The second kappa shape index (κ2) is 9.60. The summed E-state index contributed by atoms with van der Waals surface area (Å²) in [5.74, 6) is 0. The Hall–Kier alpha value is -4.62. The summed E-state index contributed by atoms with van der Waals surface area (Å²) in [5, 5.41) is 7.34. The monoisotopic (exact) mass is 504 g/mol. The van der Waals surface area contributed by atoms with Gasteiger partial charge in [0.15, 0.2) is 0 Å². The van der Waals surface area contributed by atoms with Gasteiger partial charge in [-0.1, -0.05) is 124 Å². The molecular formula is C38H32O. The molecule has 0 unspecified atom stereocenters. The first-order valence-corrected chi connectivity index (χ1v) is 13.5. The van der Waals surface area contributed by atoms with Crippen molar-refractivity contribution < 1.29 is 4.42 Å². The molecule has 7 aromatic rings. The van der Waals surface area contributed by atoms with Crippen LogP contribution in [-0.2, 0) is 5.41 Å². The fourth-order valence-electron chi connectivity index (χ4n) is 5.79. The van der Waals surface area contributed by atoms with Crippen molar-refractivity contribution in [2.75, 3.05) is 0 Å². The molecule has 0 N–H and O–H groups in total. The average Bonchev–Trinajstić information content (AvgIpc) is 3.36. The molecule has 1 heterocycles. The third-order valence-corrected chi connectivity index (χ3v) is 7.63. The van der Waals surface area contributed by atoms with E-state index in [1.807, 2.05) is 6.07 Å². The number of fused-ring (bicyclic) bond motifs is 5. The van der Waals surface area contributed by atoms with E-state index in [4.69, 9.17) is 4.42 Å². The summed E-state index contributed by atoms with van der Waals surface area (Å²) in [6.07, 6.45) is 0. The number of hydrogen-bond donors (Lipinski definition) is 0. The van der Waals surface area contributed by atoms with E-state index in [0.717, 1.165) is 27.5 Å². The van der Waals surface area contributed by atoms with E-state index in [0.29, 0.717) is 0 Å². The van der Waals surface area contributed by atoms with E-state index in [9.17, 15) is 0 Å². The second-order valence-corrected chi connectivity index (χ2v) is 11.0. The van der Waals surface area contributed by atoms with Gasteiger partial charge in [-0.3, -0.25) is 0 Å². The van der Waals surface area contributed by atoms with E-state index in [-0.39, 0.29) is 5.41 Å². The molecule has 0 saturated carbocycles. The first kappa shape index (κ1) is 24.7. The molecular weight excluding hydrogens is 472 g/mol. The Bertz CT molecular complexity index is 1970. The topological polar surface area (TPSA) is 13.1 Å². The SMILES string of the molecule is C=C.CC(C)(C)c1ccc2c(-c3cccc4c3oc3ccccc34)c3ccccc3c(-c3ccccc3)c2c1. The lowest BCUT2D eigenvalue weighted by atomic mass is 9.81. The van der Waals surface area contributed by atoms with Gasteiger partial charge in [0.1, 0.15) is 11.2 Å². The molecule has 7 rings (SSSR count). The minimum atomic E-state index is 0.0483. The minimum absolute atomic E-state index is 0.0483. The van der Waals surface area contributed by atoms with Crippen LogP contribution in [0.2, 0.25) is 0 Å². The number of rotatable bonds is 2. The smallest absolute Gasteiger partial charge is 0.143 e. The minimum Gasteiger partial charge on any atom is -0.455 e. The Morgan fingerprint density at radius 1 is 0.513 bits per heavy atom. The lowest BCUT2D eigenvalue weighted by molar-refractivity contribution is 0.591. The highest BCUT2D eigenvalue weighted by molar-refractivity contribution is 6.24. The third kappa shape index (κ3) is 4.02. The number of furan rings is 1. The van der Waals surface area contributed by atoms with Gasteiger partial charge in [-0.2, -0.15) is 0 Å². The van der Waals surface area contributed by atoms with Crippen molar-refractivity contribution >= 4 is 43.5 Å². The van der Waals surface area contributed by atoms with E-state index in [1.54, 1.807) is 0 Å². The Morgan fingerprint density at radius 3 is 1.82 bits per heavy atom. The molecule has 0 saturated heterocycles. The van der Waals surface area contributed by atoms with E-state index >= 15 is 0 Å². The molecule has 1 nitrogen and oxygen atoms in total. The van der Waals surface area contributed by atoms with Gasteiger partial charge in [-0.15, -0.1) is 13.2 Å². The molecule has 0 amide bonds. The zero-order valence-electron chi connectivity index (χ0n) is 22.8. The zero-order chi connectivity index (χ0) is 27.1. The van der Waals surface area contributed by atoms with E-state index < -0.39 is 0 Å². The van der Waals surface area contributed by atoms with Crippen molar-refractivity contribution in [3.63, 3.8) is 0 Å². The van der Waals surface area contributed by atoms with Gasteiger partial charge in [0.25, 0.3) is 0 Å². The molecule has 0 spiro atoms. The maximum atomic E-state index is 6.53. The Balaban J connectivity index is 0.00000135. The van der Waals surface area contributed by atoms with Gasteiger partial charge >= 0.3 is 0 Å². The molecule has 6 aromatic carbocycles. The predicted molar refractivity (Wildman–Crippen MR) is 170 cm³/mol. The fourth-order valence-corrected chi connectivity index (χ4v) is 5.79. The Morgan fingerprint density at radius 2 is 1.10 bits per heavy atom. The number of benzene rings is 6. The van der Waals surface area contributed by atoms with E-state index in [2.05, 4.69) is 143 Å². The van der Waals surface area contributed by atoms with Gasteiger partial charge in [0, 0.05) is 21.9 Å². The molecule has 1 heteroatoms. The van der Waals surface area contributed by atoms with Gasteiger partial charge in [-0.05, 0) is 55.8 Å². The summed E-state index contributed by atoms with van der Waals surface area (Å²) in [4.78, 5) is 0. The van der Waals surface area contributed by atoms with Crippen LogP contribution in [0.3, 0.4) is 0 Å². The standard InChI is InChI=1S/C36H28O.C2H4/c1-36(2,3)24-20-21-28-31(22-24)33(23-12-5-4-6-13-23)26-15-7-8-16-27(26)34(28)30-18-11-17-29-25-14-9-10-19-32(25)37-35(29)30;1-2/h4-22H,1-3H3;1-2H2. The lowest BCUT2D eigenvalue weighted by Gasteiger charge is -2.23. The van der Waals surface area contributed by atoms with Crippen molar-refractivity contribution in [2.24, 2.45) is 0 Å². The Labute approximate surface area is 230 Å². The fraction of sp³-hybridized carbons (Fsp3) is 0.105. The molecule has 0 aliphatic carbocycles. The van der Waals surface area contributed by atoms with Crippen LogP contribution in [0.1, 0.15) is 26.3 Å². The van der Waals surface area contributed by atoms with Crippen LogP contribution in [0.25, 0.3) is 65.7 Å². The van der Waals surface area contributed by atoms with Crippen molar-refractivity contribution in [2.45, 2.75) is 26.2 Å². The summed E-state index contributed by atoms with van der Waals surface area (Å²) < 4.78 is 6.53. The van der Waals surface area contributed by atoms with Crippen molar-refractivity contribution in [3.8, 4) is 22.3 Å². The van der Waals surface area contributed by atoms with Gasteiger partial charge in [-0.25, -0.2) is 0 Å². The van der Waals surface area contributed by atoms with Crippen LogP contribution in [0, 0.1) is 0 Å². The van der Waals surface area contributed by atoms with Crippen LogP contribution < -0.4 is 0 Å². The summed E-state index contributed by atoms with van der Waals surface area (Å²) in [6.45, 7) is 12.9. The molecule has 0 aliphatic rings. The van der Waals surface area contributed by atoms with Crippen molar-refractivity contribution in [1.82, 2.24) is 0 Å². The molecule has 0 bridgehead atoms. The first-order chi connectivity index (χ1) is 19.0. The van der Waals surface area contributed by atoms with Gasteiger partial charge in [0.05, 0.1) is 0 Å². The summed E-state index contributed by atoms with van der Waals surface area (Å²) in [5.41, 5.74) is 8.15. The second-order valence-electron chi connectivity index (χ2n) is 11.0. The molecule has 39 heavy (non-hydrogen) atoms. The largest absolute Gasteiger partial charge is 0.455 e. The van der Waals surface area contributed by atoms with Crippen LogP contribution in [0.5, 0.6) is 0 Å². The van der Waals surface area contributed by atoms with Crippen molar-refractivity contribution in [3.05, 3.63) is 134 Å². The van der Waals surface area contributed by atoms with Gasteiger partial charge < -0.3 is 4.42 Å². The Kier molecular flexibility index (Phi) is 6.08. The van der Waals surface area contributed by atoms with Crippen LogP contribution in [0.4, 0.5) is 0 Å². The van der Waals surface area contributed by atoms with Crippen LogP contribution in [0.15, 0.2) is 133 Å². The molecule has 0 fully saturated rings. The quantitative estimate of drug-likeness (QED) is 0.168. The summed E-state index contributed by atoms with van der Waals surface area (Å²) in [7, 11) is 0. The molecule has 0 aliphatic heterocycles. The van der Waals surface area contributed by atoms with Crippen LogP contribution >= 0.6 is 0 Å². The van der Waals surface area contributed by atoms with Gasteiger partial charge in [0.2, 0.25) is 0 Å². The lowest BCUT2D eigenvalue weighted by Crippen LogP contribution is -2.10. The molecule has 190 valence electrons. The average molecular weight is 505 g/mol. The maximum absolute atomic E-state index is 6.53. The van der Waals surface area contributed by atoms with Crippen molar-refractivity contribution in [1.29, 1.82) is 0 Å². The first-order valence-electron chi connectivity index (χ1n) is 13.5. The number of para-hydroxylation sites is 2. The highest BCUT2D eigenvalue weighted by Gasteiger charge is 2.22. The molecule has 1 aromatic heterocycles. The predicted octanol–water partition coefficient (Wildman–Crippen LogP) is 11.3. The van der Waals surface area contributed by atoms with E-state index in [1.165, 1.54) is 43.8 Å². The van der Waals surface area contributed by atoms with Crippen LogP contribution in [-0.4, -0.2) is 0 Å². The molecule has 0 radical (unpaired) electrons. The third-order valence-electron chi connectivity index (χ3n) is 7.63. The summed E-state index contributed by atoms with van der Waals surface area (Å²) >= 11 is 0. The summed E-state index contributed by atoms with van der Waals surface area (Å²) in [6, 6.07) is 41.5. The normalized spacial score (nSPS) is 11.7. The zero-order valence-corrected chi connectivity index (χ0v) is 22.8. The molecule has 0 atom stereocenters.